The molecule has 2 N–H and O–H groups in total. The van der Waals surface area contributed by atoms with Gasteiger partial charge in [0.05, 0.1) is 17.3 Å². The standard InChI is InChI=1S/C23H26N2O4/c1-4-14-15-8-13(26)6-7-19(15)24-21-16(14)10-25-12(3)17-11-29-22(27)23(28,5-2)18(17)9-20(21)25/h6-8,17-18,20,26,28H,3-5,9-11H2,1-2H3/t17?,18?,20?,23-/m0/s1. The second-order valence-corrected chi connectivity index (χ2v) is 8.47. The van der Waals surface area contributed by atoms with E-state index < -0.39 is 11.6 Å². The van der Waals surface area contributed by atoms with Crippen LogP contribution in [0.1, 0.15) is 49.6 Å². The lowest BCUT2D eigenvalue weighted by molar-refractivity contribution is -0.195. The van der Waals surface area contributed by atoms with Gasteiger partial charge in [0.25, 0.3) is 0 Å². The van der Waals surface area contributed by atoms with E-state index >= 15 is 0 Å². The minimum Gasteiger partial charge on any atom is -0.508 e. The molecule has 2 fully saturated rings. The lowest BCUT2D eigenvalue weighted by Crippen LogP contribution is -2.58. The Morgan fingerprint density at radius 1 is 1.38 bits per heavy atom. The number of fused-ring (bicyclic) bond motifs is 5. The fourth-order valence-corrected chi connectivity index (χ4v) is 5.64. The predicted molar refractivity (Wildman–Crippen MR) is 108 cm³/mol. The van der Waals surface area contributed by atoms with Crippen molar-refractivity contribution >= 4 is 16.9 Å². The van der Waals surface area contributed by atoms with E-state index in [9.17, 15) is 15.0 Å². The van der Waals surface area contributed by atoms with Crippen LogP contribution in [0, 0.1) is 11.8 Å². The van der Waals surface area contributed by atoms with Crippen LogP contribution in [-0.4, -0.2) is 38.3 Å². The second-order valence-electron chi connectivity index (χ2n) is 8.47. The Labute approximate surface area is 169 Å². The first-order valence-corrected chi connectivity index (χ1v) is 10.4. The molecule has 5 rings (SSSR count). The van der Waals surface area contributed by atoms with Gasteiger partial charge in [0.1, 0.15) is 12.4 Å². The van der Waals surface area contributed by atoms with Crippen molar-refractivity contribution in [1.82, 2.24) is 9.88 Å². The molecule has 0 aliphatic carbocycles. The van der Waals surface area contributed by atoms with E-state index in [2.05, 4.69) is 18.4 Å². The Balaban J connectivity index is 1.65. The zero-order valence-electron chi connectivity index (χ0n) is 16.8. The number of aromatic hydroxyl groups is 1. The highest BCUT2D eigenvalue weighted by atomic mass is 16.6. The third-order valence-corrected chi connectivity index (χ3v) is 7.25. The van der Waals surface area contributed by atoms with Gasteiger partial charge in [0, 0.05) is 29.5 Å². The Bertz CT molecular complexity index is 1050. The van der Waals surface area contributed by atoms with Crippen molar-refractivity contribution in [1.29, 1.82) is 0 Å². The van der Waals surface area contributed by atoms with E-state index in [0.717, 1.165) is 28.7 Å². The largest absolute Gasteiger partial charge is 0.508 e. The molecule has 152 valence electrons. The number of carbonyl (C=O) groups is 1. The van der Waals surface area contributed by atoms with Crippen LogP contribution in [0.25, 0.3) is 10.9 Å². The molecule has 3 unspecified atom stereocenters. The molecule has 6 heteroatoms. The minimum atomic E-state index is -1.48. The molecule has 4 atom stereocenters. The van der Waals surface area contributed by atoms with Gasteiger partial charge in [-0.15, -0.1) is 0 Å². The number of aromatic nitrogens is 1. The molecule has 0 bridgehead atoms. The molecule has 6 nitrogen and oxygen atoms in total. The number of hydrogen-bond donors (Lipinski definition) is 2. The van der Waals surface area contributed by atoms with Gasteiger partial charge in [-0.2, -0.15) is 0 Å². The average molecular weight is 394 g/mol. The number of phenols is 1. The fraction of sp³-hybridized carbons (Fsp3) is 0.478. The third-order valence-electron chi connectivity index (χ3n) is 7.25. The maximum atomic E-state index is 12.4. The number of esters is 1. The highest BCUT2D eigenvalue weighted by Crippen LogP contribution is 2.53. The number of rotatable bonds is 2. The smallest absolute Gasteiger partial charge is 0.338 e. The van der Waals surface area contributed by atoms with Gasteiger partial charge in [-0.1, -0.05) is 20.4 Å². The van der Waals surface area contributed by atoms with Gasteiger partial charge in [-0.25, -0.2) is 4.79 Å². The number of aryl methyl sites for hydroxylation is 1. The van der Waals surface area contributed by atoms with Crippen molar-refractivity contribution in [3.8, 4) is 5.75 Å². The number of carbonyl (C=O) groups excluding carboxylic acids is 1. The van der Waals surface area contributed by atoms with Gasteiger partial charge in [-0.05, 0) is 48.6 Å². The summed E-state index contributed by atoms with van der Waals surface area (Å²) in [6.45, 7) is 9.27. The quantitative estimate of drug-likeness (QED) is 0.761. The second kappa shape index (κ2) is 6.20. The van der Waals surface area contributed by atoms with Crippen molar-refractivity contribution in [3.63, 3.8) is 0 Å². The number of ether oxygens (including phenoxy) is 1. The lowest BCUT2D eigenvalue weighted by Gasteiger charge is -2.50. The third kappa shape index (κ3) is 2.38. The van der Waals surface area contributed by atoms with Crippen LogP contribution in [0.3, 0.4) is 0 Å². The van der Waals surface area contributed by atoms with E-state index in [1.807, 2.05) is 13.0 Å². The number of piperidine rings is 1. The van der Waals surface area contributed by atoms with E-state index in [1.54, 1.807) is 12.1 Å². The fourth-order valence-electron chi connectivity index (χ4n) is 5.64. The molecular formula is C23H26N2O4. The lowest BCUT2D eigenvalue weighted by atomic mass is 9.68. The summed E-state index contributed by atoms with van der Waals surface area (Å²) >= 11 is 0. The summed E-state index contributed by atoms with van der Waals surface area (Å²) in [5.74, 6) is -0.580. The number of benzene rings is 1. The van der Waals surface area contributed by atoms with Gasteiger partial charge in [0.15, 0.2) is 5.60 Å². The summed E-state index contributed by atoms with van der Waals surface area (Å²) in [4.78, 5) is 19.6. The number of aliphatic hydroxyl groups is 1. The summed E-state index contributed by atoms with van der Waals surface area (Å²) < 4.78 is 5.35. The minimum absolute atomic E-state index is 0.00812. The predicted octanol–water partition coefficient (Wildman–Crippen LogP) is 3.21. The molecule has 2 aromatic rings. The molecule has 1 aromatic carbocycles. The summed E-state index contributed by atoms with van der Waals surface area (Å²) in [6, 6.07) is 5.30. The van der Waals surface area contributed by atoms with Crippen LogP contribution in [0.15, 0.2) is 30.5 Å². The van der Waals surface area contributed by atoms with Gasteiger partial charge in [-0.3, -0.25) is 4.98 Å². The van der Waals surface area contributed by atoms with Crippen LogP contribution in [-0.2, 0) is 22.5 Å². The molecule has 0 spiro atoms. The number of hydrogen-bond acceptors (Lipinski definition) is 6. The highest BCUT2D eigenvalue weighted by Gasteiger charge is 2.57. The SMILES string of the molecule is C=C1C2COC(=O)[C@](O)(CC)C2CC2c3nc4ccc(O)cc4c(CC)c3CN12. The Hall–Kier alpha value is -2.60. The summed E-state index contributed by atoms with van der Waals surface area (Å²) in [5, 5.41) is 22.1. The highest BCUT2D eigenvalue weighted by molar-refractivity contribution is 5.85. The maximum absolute atomic E-state index is 12.4. The van der Waals surface area contributed by atoms with Crippen molar-refractivity contribution < 1.29 is 19.7 Å². The van der Waals surface area contributed by atoms with Gasteiger partial charge < -0.3 is 19.8 Å². The van der Waals surface area contributed by atoms with Gasteiger partial charge in [0.2, 0.25) is 0 Å². The van der Waals surface area contributed by atoms with Crippen molar-refractivity contribution in [2.75, 3.05) is 6.61 Å². The van der Waals surface area contributed by atoms with E-state index in [4.69, 9.17) is 9.72 Å². The van der Waals surface area contributed by atoms with Crippen LogP contribution in [0.5, 0.6) is 5.75 Å². The van der Waals surface area contributed by atoms with Crippen LogP contribution >= 0.6 is 0 Å². The normalized spacial score (nSPS) is 30.7. The molecule has 2 saturated heterocycles. The molecule has 0 saturated carbocycles. The molecular weight excluding hydrogens is 368 g/mol. The summed E-state index contributed by atoms with van der Waals surface area (Å²) in [5.41, 5.74) is 3.69. The maximum Gasteiger partial charge on any atom is 0.338 e. The summed E-state index contributed by atoms with van der Waals surface area (Å²) in [6.07, 6.45) is 1.81. The monoisotopic (exact) mass is 394 g/mol. The number of pyridine rings is 1. The van der Waals surface area contributed by atoms with Crippen LogP contribution in [0.2, 0.25) is 0 Å². The van der Waals surface area contributed by atoms with Crippen LogP contribution < -0.4 is 0 Å². The van der Waals surface area contributed by atoms with Crippen LogP contribution in [0.4, 0.5) is 0 Å². The first-order valence-electron chi connectivity index (χ1n) is 10.4. The Morgan fingerprint density at radius 3 is 2.90 bits per heavy atom. The first-order chi connectivity index (χ1) is 13.9. The van der Waals surface area contributed by atoms with Gasteiger partial charge >= 0.3 is 5.97 Å². The molecule has 3 aliphatic heterocycles. The molecule has 0 radical (unpaired) electrons. The molecule has 29 heavy (non-hydrogen) atoms. The first kappa shape index (κ1) is 18.4. The molecule has 1 aromatic heterocycles. The number of phenolic OH excluding ortho intramolecular Hbond substituents is 1. The van der Waals surface area contributed by atoms with Crippen molar-refractivity contribution in [2.24, 2.45) is 11.8 Å². The van der Waals surface area contributed by atoms with Crippen molar-refractivity contribution in [2.45, 2.75) is 51.3 Å². The number of cyclic esters (lactones) is 1. The topological polar surface area (TPSA) is 82.9 Å². The molecule has 0 amide bonds. The summed E-state index contributed by atoms with van der Waals surface area (Å²) in [7, 11) is 0. The van der Waals surface area contributed by atoms with E-state index in [0.29, 0.717) is 19.4 Å². The molecule has 3 aliphatic rings. The molecule has 4 heterocycles. The van der Waals surface area contributed by atoms with E-state index in [-0.39, 0.29) is 30.2 Å². The average Bonchev–Trinajstić information content (AvgIpc) is 3.08. The zero-order chi connectivity index (χ0) is 20.5. The Kier molecular flexibility index (Phi) is 3.94. The Morgan fingerprint density at radius 2 is 2.17 bits per heavy atom. The zero-order valence-corrected chi connectivity index (χ0v) is 16.8. The van der Waals surface area contributed by atoms with Crippen molar-refractivity contribution in [3.05, 3.63) is 47.3 Å². The number of nitrogens with zero attached hydrogens (tertiary/aromatic N) is 2. The van der Waals surface area contributed by atoms with E-state index in [1.165, 1.54) is 11.1 Å².